The summed E-state index contributed by atoms with van der Waals surface area (Å²) >= 11 is 1.63. The molecule has 5 nitrogen and oxygen atoms in total. The average Bonchev–Trinajstić information content (AvgIpc) is 3.39. The number of hydrogen-bond donors (Lipinski definition) is 1. The van der Waals surface area contributed by atoms with Crippen molar-refractivity contribution in [1.29, 1.82) is 0 Å². The van der Waals surface area contributed by atoms with Crippen molar-refractivity contribution in [2.75, 3.05) is 13.6 Å². The summed E-state index contributed by atoms with van der Waals surface area (Å²) in [7, 11) is 2.11. The van der Waals surface area contributed by atoms with Crippen LogP contribution in [0.3, 0.4) is 0 Å². The topological polar surface area (TPSA) is 57.7 Å². The monoisotopic (exact) mass is 407 g/mol. The molecule has 0 saturated heterocycles. The second-order valence-corrected chi connectivity index (χ2v) is 7.84. The molecular weight excluding hydrogens is 385 g/mol. The molecule has 0 amide bonds. The van der Waals surface area contributed by atoms with E-state index >= 15 is 0 Å². The van der Waals surface area contributed by atoms with Crippen LogP contribution in [-0.4, -0.2) is 38.7 Å². The van der Waals surface area contributed by atoms with Crippen LogP contribution in [0.2, 0.25) is 0 Å². The van der Waals surface area contributed by atoms with Gasteiger partial charge in [0.2, 0.25) is 0 Å². The van der Waals surface area contributed by atoms with Gasteiger partial charge in [-0.3, -0.25) is 10.1 Å². The molecule has 0 spiro atoms. The molecule has 0 bridgehead atoms. The summed E-state index contributed by atoms with van der Waals surface area (Å²) in [6, 6.07) is 14.3. The molecule has 0 unspecified atom stereocenters. The predicted octanol–water partition coefficient (Wildman–Crippen LogP) is 4.80. The maximum absolute atomic E-state index is 13.1. The largest absolute Gasteiger partial charge is 0.301 e. The first-order valence-corrected chi connectivity index (χ1v) is 10.4. The van der Waals surface area contributed by atoms with E-state index in [2.05, 4.69) is 32.5 Å². The van der Waals surface area contributed by atoms with Crippen molar-refractivity contribution < 1.29 is 4.39 Å². The van der Waals surface area contributed by atoms with E-state index in [-0.39, 0.29) is 5.82 Å². The Labute approximate surface area is 173 Å². The van der Waals surface area contributed by atoms with Gasteiger partial charge in [0.1, 0.15) is 10.8 Å². The van der Waals surface area contributed by atoms with Gasteiger partial charge in [-0.25, -0.2) is 9.37 Å². The van der Waals surface area contributed by atoms with E-state index in [4.69, 9.17) is 4.98 Å². The minimum atomic E-state index is -0.236. The highest BCUT2D eigenvalue weighted by Gasteiger charge is 2.09. The van der Waals surface area contributed by atoms with Crippen molar-refractivity contribution >= 4 is 11.3 Å². The summed E-state index contributed by atoms with van der Waals surface area (Å²) in [5.41, 5.74) is 4.83. The van der Waals surface area contributed by atoms with Gasteiger partial charge in [-0.05, 0) is 68.9 Å². The molecule has 0 aliphatic carbocycles. The lowest BCUT2D eigenvalue weighted by Gasteiger charge is -2.14. The number of aryl methyl sites for hydroxylation is 1. The lowest BCUT2D eigenvalue weighted by molar-refractivity contribution is 0.318. The molecule has 148 valence electrons. The zero-order valence-corrected chi connectivity index (χ0v) is 17.0. The van der Waals surface area contributed by atoms with Crippen molar-refractivity contribution in [2.45, 2.75) is 19.4 Å². The Morgan fingerprint density at radius 3 is 2.76 bits per heavy atom. The van der Waals surface area contributed by atoms with E-state index in [1.165, 1.54) is 12.1 Å². The van der Waals surface area contributed by atoms with Crippen LogP contribution in [0.1, 0.15) is 17.8 Å². The number of H-pyrrole nitrogens is 1. The summed E-state index contributed by atoms with van der Waals surface area (Å²) in [4.78, 5) is 11.3. The van der Waals surface area contributed by atoms with Gasteiger partial charge in [-0.1, -0.05) is 6.07 Å². The second-order valence-electron chi connectivity index (χ2n) is 6.99. The predicted molar refractivity (Wildman–Crippen MR) is 114 cm³/mol. The summed E-state index contributed by atoms with van der Waals surface area (Å²) < 4.78 is 13.1. The third-order valence-corrected chi connectivity index (χ3v) is 5.54. The number of aromatic nitrogens is 4. The fourth-order valence-electron chi connectivity index (χ4n) is 3.14. The summed E-state index contributed by atoms with van der Waals surface area (Å²) in [5, 5.41) is 10.5. The highest BCUT2D eigenvalue weighted by Crippen LogP contribution is 2.22. The summed E-state index contributed by atoms with van der Waals surface area (Å²) in [6.45, 7) is 1.77. The standard InChI is InChI=1S/C22H22FN5S/c1-28(14-19-15-29-22(25-19)20-6-2-3-11-24-20)12-4-5-18-13-21(27-26-18)16-7-9-17(23)10-8-16/h2-3,6-11,13,15H,4-5,12,14H2,1H3,(H,26,27). The highest BCUT2D eigenvalue weighted by atomic mass is 32.1. The number of aromatic amines is 1. The van der Waals surface area contributed by atoms with Crippen LogP contribution in [-0.2, 0) is 13.0 Å². The van der Waals surface area contributed by atoms with E-state index < -0.39 is 0 Å². The van der Waals surface area contributed by atoms with E-state index in [9.17, 15) is 4.39 Å². The maximum Gasteiger partial charge on any atom is 0.142 e. The Kier molecular flexibility index (Phi) is 6.07. The van der Waals surface area contributed by atoms with Gasteiger partial charge in [0.15, 0.2) is 0 Å². The van der Waals surface area contributed by atoms with Crippen molar-refractivity contribution in [3.63, 3.8) is 0 Å². The molecule has 4 rings (SSSR count). The van der Waals surface area contributed by atoms with Crippen LogP contribution in [0.25, 0.3) is 22.0 Å². The SMILES string of the molecule is CN(CCCc1cc(-c2ccc(F)cc2)n[nH]1)Cc1csc(-c2ccccn2)n1. The van der Waals surface area contributed by atoms with Gasteiger partial charge < -0.3 is 4.90 Å². The zero-order chi connectivity index (χ0) is 20.1. The van der Waals surface area contributed by atoms with Crippen molar-refractivity contribution in [2.24, 2.45) is 0 Å². The molecule has 0 aliphatic rings. The van der Waals surface area contributed by atoms with E-state index in [1.807, 2.05) is 24.3 Å². The quantitative estimate of drug-likeness (QED) is 0.456. The molecule has 0 fully saturated rings. The van der Waals surface area contributed by atoms with Gasteiger partial charge in [0.25, 0.3) is 0 Å². The molecule has 0 radical (unpaired) electrons. The smallest absolute Gasteiger partial charge is 0.142 e. The van der Waals surface area contributed by atoms with Crippen LogP contribution < -0.4 is 0 Å². The molecule has 7 heteroatoms. The first-order chi connectivity index (χ1) is 14.2. The minimum Gasteiger partial charge on any atom is -0.301 e. The first kappa shape index (κ1) is 19.4. The van der Waals surface area contributed by atoms with Crippen LogP contribution >= 0.6 is 11.3 Å². The summed E-state index contributed by atoms with van der Waals surface area (Å²) in [5.74, 6) is -0.236. The first-order valence-electron chi connectivity index (χ1n) is 9.52. The Balaban J connectivity index is 1.26. The lowest BCUT2D eigenvalue weighted by Crippen LogP contribution is -2.19. The number of pyridine rings is 1. The molecule has 3 heterocycles. The van der Waals surface area contributed by atoms with E-state index in [0.717, 1.165) is 59.3 Å². The fourth-order valence-corrected chi connectivity index (χ4v) is 3.93. The Hall–Kier alpha value is -2.90. The third-order valence-electron chi connectivity index (χ3n) is 4.62. The summed E-state index contributed by atoms with van der Waals surface area (Å²) in [6.07, 6.45) is 3.72. The fraction of sp³-hybridized carbons (Fsp3) is 0.227. The van der Waals surface area contributed by atoms with Crippen LogP contribution in [0, 0.1) is 5.82 Å². The Morgan fingerprint density at radius 1 is 1.10 bits per heavy atom. The molecular formula is C22H22FN5S. The number of nitrogens with one attached hydrogen (secondary N) is 1. The minimum absolute atomic E-state index is 0.236. The van der Waals surface area contributed by atoms with E-state index in [0.29, 0.717) is 0 Å². The second kappa shape index (κ2) is 9.07. The molecule has 0 saturated carbocycles. The number of thiazole rings is 1. The average molecular weight is 408 g/mol. The molecule has 29 heavy (non-hydrogen) atoms. The van der Waals surface area contributed by atoms with Crippen molar-refractivity contribution in [3.05, 3.63) is 77.3 Å². The number of hydrogen-bond acceptors (Lipinski definition) is 5. The molecule has 1 N–H and O–H groups in total. The molecule has 4 aromatic rings. The molecule has 3 aromatic heterocycles. The van der Waals surface area contributed by atoms with Gasteiger partial charge >= 0.3 is 0 Å². The molecule has 0 aliphatic heterocycles. The zero-order valence-electron chi connectivity index (χ0n) is 16.2. The molecule has 0 atom stereocenters. The molecule has 1 aromatic carbocycles. The van der Waals surface area contributed by atoms with Crippen molar-refractivity contribution in [3.8, 4) is 22.0 Å². The van der Waals surface area contributed by atoms with E-state index in [1.54, 1.807) is 29.7 Å². The third kappa shape index (κ3) is 5.13. The van der Waals surface area contributed by atoms with Gasteiger partial charge in [0.05, 0.1) is 17.1 Å². The Morgan fingerprint density at radius 2 is 1.97 bits per heavy atom. The number of rotatable bonds is 8. The number of nitrogens with zero attached hydrogens (tertiary/aromatic N) is 4. The Bertz CT molecular complexity index is 1040. The normalized spacial score (nSPS) is 11.3. The highest BCUT2D eigenvalue weighted by molar-refractivity contribution is 7.13. The lowest BCUT2D eigenvalue weighted by atomic mass is 10.1. The number of halogens is 1. The van der Waals surface area contributed by atoms with Crippen LogP contribution in [0.4, 0.5) is 4.39 Å². The van der Waals surface area contributed by atoms with Crippen LogP contribution in [0.5, 0.6) is 0 Å². The van der Waals surface area contributed by atoms with Gasteiger partial charge in [0, 0.05) is 29.4 Å². The maximum atomic E-state index is 13.1. The van der Waals surface area contributed by atoms with Gasteiger partial charge in [-0.2, -0.15) is 5.10 Å². The van der Waals surface area contributed by atoms with Crippen LogP contribution in [0.15, 0.2) is 60.1 Å². The number of benzene rings is 1. The van der Waals surface area contributed by atoms with Gasteiger partial charge in [-0.15, -0.1) is 11.3 Å². The van der Waals surface area contributed by atoms with Crippen molar-refractivity contribution in [1.82, 2.24) is 25.1 Å².